The summed E-state index contributed by atoms with van der Waals surface area (Å²) >= 11 is 0. The number of aromatic nitrogens is 4. The van der Waals surface area contributed by atoms with Crippen LogP contribution in [0.4, 0.5) is 0 Å². The summed E-state index contributed by atoms with van der Waals surface area (Å²) in [5.41, 5.74) is 5.32. The van der Waals surface area contributed by atoms with Crippen molar-refractivity contribution in [2.24, 2.45) is 7.05 Å². The van der Waals surface area contributed by atoms with E-state index in [-0.39, 0.29) is 0 Å². The maximum Gasteiger partial charge on any atom is 0.0631 e. The molecule has 0 aliphatic carbocycles. The molecule has 0 saturated heterocycles. The van der Waals surface area contributed by atoms with Crippen LogP contribution in [0.25, 0.3) is 0 Å². The van der Waals surface area contributed by atoms with E-state index in [4.69, 9.17) is 0 Å². The van der Waals surface area contributed by atoms with Crippen molar-refractivity contribution >= 4 is 0 Å². The summed E-state index contributed by atoms with van der Waals surface area (Å²) in [6, 6.07) is 0. The Bertz CT molecular complexity index is 592. The lowest BCUT2D eigenvalue weighted by atomic mass is 9.94. The molecule has 1 unspecified atom stereocenters. The minimum absolute atomic E-state index is 0.528. The van der Waals surface area contributed by atoms with Gasteiger partial charge in [0.05, 0.1) is 11.9 Å². The quantitative estimate of drug-likeness (QED) is 0.810. The molecule has 0 radical (unpaired) electrons. The van der Waals surface area contributed by atoms with Gasteiger partial charge in [-0.25, -0.2) is 0 Å². The Morgan fingerprint density at radius 3 is 2.52 bits per heavy atom. The van der Waals surface area contributed by atoms with Gasteiger partial charge in [-0.15, -0.1) is 0 Å². The van der Waals surface area contributed by atoms with Crippen LogP contribution in [0.15, 0.2) is 12.4 Å². The molecule has 2 aromatic heterocycles. The van der Waals surface area contributed by atoms with E-state index in [0.29, 0.717) is 11.8 Å². The molecule has 0 amide bonds. The van der Waals surface area contributed by atoms with Crippen molar-refractivity contribution in [3.8, 4) is 0 Å². The van der Waals surface area contributed by atoms with E-state index >= 15 is 0 Å². The lowest BCUT2D eigenvalue weighted by Crippen LogP contribution is -2.04. The van der Waals surface area contributed by atoms with E-state index in [1.807, 2.05) is 10.9 Å². The van der Waals surface area contributed by atoms with Gasteiger partial charge in [-0.3, -0.25) is 9.36 Å². The van der Waals surface area contributed by atoms with Crippen molar-refractivity contribution in [2.75, 3.05) is 0 Å². The van der Waals surface area contributed by atoms with Crippen molar-refractivity contribution in [1.29, 1.82) is 0 Å². The third kappa shape index (κ3) is 3.36. The van der Waals surface area contributed by atoms with Crippen LogP contribution >= 0.6 is 0 Å². The highest BCUT2D eigenvalue weighted by molar-refractivity contribution is 5.29. The topological polar surface area (TPSA) is 35.6 Å². The highest BCUT2D eigenvalue weighted by atomic mass is 15.3. The van der Waals surface area contributed by atoms with Gasteiger partial charge in [-0.2, -0.15) is 10.2 Å². The third-order valence-electron chi connectivity index (χ3n) is 4.33. The predicted octanol–water partition coefficient (Wildman–Crippen LogP) is 3.80. The van der Waals surface area contributed by atoms with E-state index in [2.05, 4.69) is 62.7 Å². The highest BCUT2D eigenvalue weighted by Gasteiger charge is 2.17. The number of aryl methyl sites for hydroxylation is 3. The largest absolute Gasteiger partial charge is 0.273 e. The average molecular weight is 288 g/mol. The summed E-state index contributed by atoms with van der Waals surface area (Å²) in [4.78, 5) is 0. The standard InChI is InChI=1S/C17H28N4/c1-7-21-11-15(10-18-21)13(4)8-9-16-17(12(2)3)14(5)19-20(16)6/h10-13H,7-9H2,1-6H3. The van der Waals surface area contributed by atoms with Gasteiger partial charge >= 0.3 is 0 Å². The first-order valence-corrected chi connectivity index (χ1v) is 7.98. The normalized spacial score (nSPS) is 13.1. The molecule has 4 heteroatoms. The highest BCUT2D eigenvalue weighted by Crippen LogP contribution is 2.27. The zero-order chi connectivity index (χ0) is 15.6. The third-order valence-corrected chi connectivity index (χ3v) is 4.33. The summed E-state index contributed by atoms with van der Waals surface area (Å²) in [6.07, 6.45) is 6.38. The molecule has 0 aliphatic heterocycles. The maximum absolute atomic E-state index is 4.60. The monoisotopic (exact) mass is 288 g/mol. The molecule has 0 aliphatic rings. The summed E-state index contributed by atoms with van der Waals surface area (Å²) in [7, 11) is 2.06. The molecular formula is C17H28N4. The van der Waals surface area contributed by atoms with Gasteiger partial charge in [0.15, 0.2) is 0 Å². The first-order valence-electron chi connectivity index (χ1n) is 7.98. The molecule has 0 bridgehead atoms. The summed E-state index contributed by atoms with van der Waals surface area (Å²) < 4.78 is 4.06. The second-order valence-electron chi connectivity index (χ2n) is 6.29. The Balaban J connectivity index is 2.09. The maximum atomic E-state index is 4.60. The summed E-state index contributed by atoms with van der Waals surface area (Å²) in [5, 5.41) is 8.98. The van der Waals surface area contributed by atoms with Crippen LogP contribution in [0, 0.1) is 6.92 Å². The van der Waals surface area contributed by atoms with E-state index in [9.17, 15) is 0 Å². The molecule has 2 heterocycles. The Labute approximate surface area is 128 Å². The first-order chi connectivity index (χ1) is 9.93. The van der Waals surface area contributed by atoms with Crippen molar-refractivity contribution < 1.29 is 0 Å². The fourth-order valence-electron chi connectivity index (χ4n) is 3.10. The lowest BCUT2D eigenvalue weighted by molar-refractivity contribution is 0.620. The number of nitrogens with zero attached hydrogens (tertiary/aromatic N) is 4. The molecule has 0 fully saturated rings. The Hall–Kier alpha value is -1.58. The fourth-order valence-corrected chi connectivity index (χ4v) is 3.10. The van der Waals surface area contributed by atoms with Gasteiger partial charge in [-0.1, -0.05) is 20.8 Å². The lowest BCUT2D eigenvalue weighted by Gasteiger charge is -2.13. The van der Waals surface area contributed by atoms with Gasteiger partial charge in [0.1, 0.15) is 0 Å². The van der Waals surface area contributed by atoms with Gasteiger partial charge < -0.3 is 0 Å². The second-order valence-corrected chi connectivity index (χ2v) is 6.29. The first kappa shape index (κ1) is 15.8. The van der Waals surface area contributed by atoms with Crippen LogP contribution in [-0.4, -0.2) is 19.6 Å². The van der Waals surface area contributed by atoms with Gasteiger partial charge in [0.25, 0.3) is 0 Å². The average Bonchev–Trinajstić information content (AvgIpc) is 3.00. The van der Waals surface area contributed by atoms with Crippen LogP contribution in [-0.2, 0) is 20.0 Å². The molecule has 116 valence electrons. The minimum Gasteiger partial charge on any atom is -0.273 e. The van der Waals surface area contributed by atoms with E-state index in [0.717, 1.165) is 19.4 Å². The Kier molecular flexibility index (Phi) is 4.86. The van der Waals surface area contributed by atoms with Crippen molar-refractivity contribution in [3.63, 3.8) is 0 Å². The zero-order valence-corrected chi connectivity index (χ0v) is 14.2. The van der Waals surface area contributed by atoms with Crippen LogP contribution < -0.4 is 0 Å². The van der Waals surface area contributed by atoms with Crippen molar-refractivity contribution in [2.45, 2.75) is 65.8 Å². The number of hydrogen-bond acceptors (Lipinski definition) is 2. The van der Waals surface area contributed by atoms with E-state index < -0.39 is 0 Å². The molecular weight excluding hydrogens is 260 g/mol. The van der Waals surface area contributed by atoms with Crippen LogP contribution in [0.3, 0.4) is 0 Å². The van der Waals surface area contributed by atoms with E-state index in [1.54, 1.807) is 0 Å². The molecule has 0 N–H and O–H groups in total. The summed E-state index contributed by atoms with van der Waals surface area (Å²) in [5.74, 6) is 1.06. The molecule has 4 nitrogen and oxygen atoms in total. The minimum atomic E-state index is 0.528. The van der Waals surface area contributed by atoms with Gasteiger partial charge in [0.2, 0.25) is 0 Å². The predicted molar refractivity (Wildman–Crippen MR) is 86.7 cm³/mol. The van der Waals surface area contributed by atoms with Gasteiger partial charge in [-0.05, 0) is 49.7 Å². The smallest absolute Gasteiger partial charge is 0.0631 e. The SMILES string of the molecule is CCn1cc(C(C)CCc2c(C(C)C)c(C)nn2C)cn1. The number of hydrogen-bond donors (Lipinski definition) is 0. The molecule has 2 rings (SSSR count). The van der Waals surface area contributed by atoms with Crippen LogP contribution in [0.2, 0.25) is 0 Å². The Morgan fingerprint density at radius 1 is 1.24 bits per heavy atom. The molecule has 2 aromatic rings. The molecule has 21 heavy (non-hydrogen) atoms. The Morgan fingerprint density at radius 2 is 1.95 bits per heavy atom. The van der Waals surface area contributed by atoms with Crippen LogP contribution in [0.5, 0.6) is 0 Å². The van der Waals surface area contributed by atoms with Crippen LogP contribution in [0.1, 0.15) is 68.5 Å². The molecule has 1 atom stereocenters. The summed E-state index contributed by atoms with van der Waals surface area (Å²) in [6.45, 7) is 12.0. The van der Waals surface area contributed by atoms with Crippen molar-refractivity contribution in [1.82, 2.24) is 19.6 Å². The molecule has 0 aromatic carbocycles. The molecule has 0 saturated carbocycles. The zero-order valence-electron chi connectivity index (χ0n) is 14.2. The second kappa shape index (κ2) is 6.46. The number of rotatable bonds is 6. The van der Waals surface area contributed by atoms with Crippen molar-refractivity contribution in [3.05, 3.63) is 34.9 Å². The fraction of sp³-hybridized carbons (Fsp3) is 0.647. The van der Waals surface area contributed by atoms with E-state index in [1.165, 1.54) is 22.5 Å². The van der Waals surface area contributed by atoms with Gasteiger partial charge in [0, 0.05) is 25.5 Å². The molecule has 0 spiro atoms.